The van der Waals surface area contributed by atoms with Crippen LogP contribution in [0.15, 0.2) is 4.52 Å². The first-order valence-electron chi connectivity index (χ1n) is 6.41. The molecule has 0 spiro atoms. The highest BCUT2D eigenvalue weighted by molar-refractivity contribution is 5.04. The first kappa shape index (κ1) is 13.5. The number of ether oxygens (including phenoxy) is 1. The SMILES string of the molecule is C[C@@H]1C[C@](O)(Cc2nc(C(C)(C)C)no2)[C@H](C)O1. The lowest BCUT2D eigenvalue weighted by atomic mass is 9.91. The van der Waals surface area contributed by atoms with Crippen LogP contribution in [0.5, 0.6) is 0 Å². The number of nitrogens with zero attached hydrogens (tertiary/aromatic N) is 2. The van der Waals surface area contributed by atoms with Crippen LogP contribution in [0, 0.1) is 0 Å². The monoisotopic (exact) mass is 254 g/mol. The van der Waals surface area contributed by atoms with E-state index in [0.717, 1.165) is 0 Å². The Hall–Kier alpha value is -0.940. The standard InChI is InChI=1S/C13H22N2O3/c1-8-6-13(16,9(2)17-8)7-10-14-11(15-18-10)12(3,4)5/h8-9,16H,6-7H2,1-5H3/t8-,9+,13+/m1/s1. The fraction of sp³-hybridized carbons (Fsp3) is 0.846. The average molecular weight is 254 g/mol. The van der Waals surface area contributed by atoms with Gasteiger partial charge in [-0.2, -0.15) is 4.98 Å². The van der Waals surface area contributed by atoms with Gasteiger partial charge in [0.2, 0.25) is 5.89 Å². The number of hydrogen-bond donors (Lipinski definition) is 1. The smallest absolute Gasteiger partial charge is 0.229 e. The Labute approximate surface area is 108 Å². The summed E-state index contributed by atoms with van der Waals surface area (Å²) >= 11 is 0. The zero-order valence-electron chi connectivity index (χ0n) is 11.7. The molecule has 0 saturated carbocycles. The molecule has 0 radical (unpaired) electrons. The minimum atomic E-state index is -0.902. The van der Waals surface area contributed by atoms with Gasteiger partial charge in [-0.05, 0) is 13.8 Å². The fourth-order valence-corrected chi connectivity index (χ4v) is 2.30. The third-order valence-corrected chi connectivity index (χ3v) is 3.43. The van der Waals surface area contributed by atoms with E-state index in [9.17, 15) is 5.11 Å². The number of aliphatic hydroxyl groups is 1. The predicted octanol–water partition coefficient (Wildman–Crippen LogP) is 1.84. The molecule has 18 heavy (non-hydrogen) atoms. The van der Waals surface area contributed by atoms with Gasteiger partial charge < -0.3 is 14.4 Å². The Kier molecular flexibility index (Phi) is 3.23. The molecule has 1 aromatic heterocycles. The normalized spacial score (nSPS) is 33.0. The molecule has 5 heteroatoms. The third kappa shape index (κ3) is 2.57. The molecule has 0 aromatic carbocycles. The molecule has 1 saturated heterocycles. The Morgan fingerprint density at radius 3 is 2.50 bits per heavy atom. The first-order chi connectivity index (χ1) is 8.21. The molecular formula is C13H22N2O3. The van der Waals surface area contributed by atoms with Crippen molar-refractivity contribution in [1.29, 1.82) is 0 Å². The summed E-state index contributed by atoms with van der Waals surface area (Å²) in [6.45, 7) is 9.92. The van der Waals surface area contributed by atoms with Crippen molar-refractivity contribution in [3.05, 3.63) is 11.7 Å². The summed E-state index contributed by atoms with van der Waals surface area (Å²) in [6, 6.07) is 0. The second-order valence-corrected chi connectivity index (χ2v) is 6.34. The molecule has 0 bridgehead atoms. The Morgan fingerprint density at radius 1 is 1.39 bits per heavy atom. The van der Waals surface area contributed by atoms with E-state index >= 15 is 0 Å². The van der Waals surface area contributed by atoms with Crippen molar-refractivity contribution >= 4 is 0 Å². The van der Waals surface area contributed by atoms with Crippen LogP contribution >= 0.6 is 0 Å². The van der Waals surface area contributed by atoms with Gasteiger partial charge in [-0.1, -0.05) is 25.9 Å². The minimum absolute atomic E-state index is 0.0648. The van der Waals surface area contributed by atoms with Gasteiger partial charge in [0.25, 0.3) is 0 Å². The summed E-state index contributed by atoms with van der Waals surface area (Å²) in [5.74, 6) is 1.15. The summed E-state index contributed by atoms with van der Waals surface area (Å²) in [5, 5.41) is 14.5. The minimum Gasteiger partial charge on any atom is -0.387 e. The van der Waals surface area contributed by atoms with Crippen LogP contribution in [0.2, 0.25) is 0 Å². The van der Waals surface area contributed by atoms with Crippen molar-refractivity contribution < 1.29 is 14.4 Å². The Bertz CT molecular complexity index is 424. The van der Waals surface area contributed by atoms with Gasteiger partial charge in [0.15, 0.2) is 5.82 Å². The van der Waals surface area contributed by atoms with Gasteiger partial charge in [0.1, 0.15) is 5.60 Å². The van der Waals surface area contributed by atoms with E-state index < -0.39 is 5.60 Å². The van der Waals surface area contributed by atoms with Crippen LogP contribution in [0.1, 0.15) is 52.8 Å². The largest absolute Gasteiger partial charge is 0.387 e. The number of rotatable bonds is 2. The molecular weight excluding hydrogens is 232 g/mol. The van der Waals surface area contributed by atoms with Gasteiger partial charge in [-0.15, -0.1) is 0 Å². The van der Waals surface area contributed by atoms with E-state index in [4.69, 9.17) is 9.26 Å². The molecule has 1 fully saturated rings. The second kappa shape index (κ2) is 4.31. The number of hydrogen-bond acceptors (Lipinski definition) is 5. The van der Waals surface area contributed by atoms with Crippen LogP contribution in [0.25, 0.3) is 0 Å². The maximum atomic E-state index is 10.5. The molecule has 1 aliphatic rings. The van der Waals surface area contributed by atoms with Crippen molar-refractivity contribution in [2.75, 3.05) is 0 Å². The molecule has 102 valence electrons. The van der Waals surface area contributed by atoms with E-state index in [1.807, 2.05) is 34.6 Å². The van der Waals surface area contributed by atoms with Crippen molar-refractivity contribution in [3.63, 3.8) is 0 Å². The summed E-state index contributed by atoms with van der Waals surface area (Å²) in [6.07, 6.45) is 0.802. The van der Waals surface area contributed by atoms with Crippen LogP contribution in [0.4, 0.5) is 0 Å². The fourth-order valence-electron chi connectivity index (χ4n) is 2.30. The highest BCUT2D eigenvalue weighted by Crippen LogP contribution is 2.33. The van der Waals surface area contributed by atoms with Crippen LogP contribution in [0.3, 0.4) is 0 Å². The average Bonchev–Trinajstić information content (AvgIpc) is 2.72. The van der Waals surface area contributed by atoms with Crippen LogP contribution < -0.4 is 0 Å². The molecule has 2 heterocycles. The van der Waals surface area contributed by atoms with Crippen molar-refractivity contribution in [3.8, 4) is 0 Å². The molecule has 1 N–H and O–H groups in total. The predicted molar refractivity (Wildman–Crippen MR) is 66.3 cm³/mol. The van der Waals surface area contributed by atoms with E-state index in [-0.39, 0.29) is 17.6 Å². The van der Waals surface area contributed by atoms with Gasteiger partial charge in [0, 0.05) is 11.8 Å². The quantitative estimate of drug-likeness (QED) is 0.872. The topological polar surface area (TPSA) is 68.4 Å². The van der Waals surface area contributed by atoms with Gasteiger partial charge >= 0.3 is 0 Å². The van der Waals surface area contributed by atoms with Crippen LogP contribution in [-0.4, -0.2) is 33.1 Å². The van der Waals surface area contributed by atoms with Crippen molar-refractivity contribution in [1.82, 2.24) is 10.1 Å². The van der Waals surface area contributed by atoms with E-state index in [1.54, 1.807) is 0 Å². The highest BCUT2D eigenvalue weighted by atomic mass is 16.5. The van der Waals surface area contributed by atoms with Gasteiger partial charge in [0.05, 0.1) is 18.6 Å². The lowest BCUT2D eigenvalue weighted by molar-refractivity contribution is -0.0385. The zero-order valence-corrected chi connectivity index (χ0v) is 11.7. The summed E-state index contributed by atoms with van der Waals surface area (Å²) in [4.78, 5) is 4.36. The van der Waals surface area contributed by atoms with E-state index in [0.29, 0.717) is 24.6 Å². The maximum Gasteiger partial charge on any atom is 0.229 e. The summed E-state index contributed by atoms with van der Waals surface area (Å²) < 4.78 is 10.8. The zero-order chi connectivity index (χ0) is 13.6. The molecule has 1 aromatic rings. The molecule has 3 atom stereocenters. The first-order valence-corrected chi connectivity index (χ1v) is 6.41. The molecule has 0 amide bonds. The van der Waals surface area contributed by atoms with Crippen molar-refractivity contribution in [2.45, 2.75) is 70.7 Å². The Morgan fingerprint density at radius 2 is 2.06 bits per heavy atom. The van der Waals surface area contributed by atoms with E-state index in [2.05, 4.69) is 10.1 Å². The second-order valence-electron chi connectivity index (χ2n) is 6.34. The van der Waals surface area contributed by atoms with Crippen LogP contribution in [-0.2, 0) is 16.6 Å². The van der Waals surface area contributed by atoms with E-state index in [1.165, 1.54) is 0 Å². The molecule has 0 unspecified atom stereocenters. The molecule has 1 aliphatic heterocycles. The molecule has 5 nitrogen and oxygen atoms in total. The maximum absolute atomic E-state index is 10.5. The summed E-state index contributed by atoms with van der Waals surface area (Å²) in [7, 11) is 0. The highest BCUT2D eigenvalue weighted by Gasteiger charge is 2.44. The lowest BCUT2D eigenvalue weighted by Gasteiger charge is -2.23. The van der Waals surface area contributed by atoms with Crippen molar-refractivity contribution in [2.24, 2.45) is 0 Å². The summed E-state index contributed by atoms with van der Waals surface area (Å²) in [5.41, 5.74) is -1.05. The lowest BCUT2D eigenvalue weighted by Crippen LogP contribution is -2.38. The Balaban J connectivity index is 2.12. The molecule has 2 rings (SSSR count). The third-order valence-electron chi connectivity index (χ3n) is 3.43. The molecule has 0 aliphatic carbocycles. The van der Waals surface area contributed by atoms with Gasteiger partial charge in [-0.3, -0.25) is 0 Å². The van der Waals surface area contributed by atoms with Gasteiger partial charge in [-0.25, -0.2) is 0 Å². The number of aromatic nitrogens is 2.